The number of benzene rings is 1. The third kappa shape index (κ3) is 2.16. The number of halogens is 1. The van der Waals surface area contributed by atoms with Gasteiger partial charge < -0.3 is 10.4 Å². The van der Waals surface area contributed by atoms with Crippen LogP contribution in [0.1, 0.15) is 12.0 Å². The van der Waals surface area contributed by atoms with Gasteiger partial charge in [0, 0.05) is 11.4 Å². The molecule has 0 fully saturated rings. The third-order valence-electron chi connectivity index (χ3n) is 2.38. The number of phenolic OH excluding ortho intramolecular Hbond substituents is 1. The molecule has 1 heterocycles. The summed E-state index contributed by atoms with van der Waals surface area (Å²) in [5.74, 6) is 0.268. The lowest BCUT2D eigenvalue weighted by molar-refractivity contribution is 0.475. The van der Waals surface area contributed by atoms with Gasteiger partial charge in [0.05, 0.1) is 5.38 Å². The van der Waals surface area contributed by atoms with Crippen molar-refractivity contribution in [3.63, 3.8) is 0 Å². The number of phenols is 1. The van der Waals surface area contributed by atoms with Gasteiger partial charge in [-0.1, -0.05) is 12.7 Å². The Morgan fingerprint density at radius 3 is 2.60 bits per heavy atom. The van der Waals surface area contributed by atoms with Gasteiger partial charge in [0.1, 0.15) is 5.75 Å². The summed E-state index contributed by atoms with van der Waals surface area (Å²) in [6.07, 6.45) is 2.82. The van der Waals surface area contributed by atoms with E-state index in [1.54, 1.807) is 12.1 Å². The second-order valence-electron chi connectivity index (χ2n) is 3.52. The number of alkyl halides is 1. The van der Waals surface area contributed by atoms with Gasteiger partial charge in [0.2, 0.25) is 0 Å². The molecule has 78 valence electrons. The fourth-order valence-corrected chi connectivity index (χ4v) is 1.64. The number of nitrogens with one attached hydrogen (secondary N) is 1. The topological polar surface area (TPSA) is 32.3 Å². The zero-order chi connectivity index (χ0) is 10.8. The van der Waals surface area contributed by atoms with Crippen LogP contribution in [-0.4, -0.2) is 10.5 Å². The second kappa shape index (κ2) is 3.99. The van der Waals surface area contributed by atoms with Crippen LogP contribution < -0.4 is 5.32 Å². The molecule has 1 unspecified atom stereocenters. The fraction of sp³-hybridized carbons (Fsp3) is 0.167. The van der Waals surface area contributed by atoms with Crippen molar-refractivity contribution in [3.8, 4) is 5.75 Å². The minimum absolute atomic E-state index is 0.0362. The zero-order valence-electron chi connectivity index (χ0n) is 8.20. The fourth-order valence-electron chi connectivity index (χ4n) is 1.50. The largest absolute Gasteiger partial charge is 0.508 e. The Hall–Kier alpha value is -1.41. The van der Waals surface area contributed by atoms with E-state index in [-0.39, 0.29) is 11.1 Å². The highest BCUT2D eigenvalue weighted by Gasteiger charge is 2.15. The Bertz CT molecular complexity index is 408. The SMILES string of the molecule is C=C1NC(c2ccc(O)cc2)=CCC1Cl. The van der Waals surface area contributed by atoms with Crippen LogP contribution in [0.5, 0.6) is 5.75 Å². The molecular formula is C12H12ClNO. The van der Waals surface area contributed by atoms with Crippen molar-refractivity contribution >= 4 is 17.3 Å². The van der Waals surface area contributed by atoms with Gasteiger partial charge in [0.15, 0.2) is 0 Å². The Balaban J connectivity index is 2.25. The lowest BCUT2D eigenvalue weighted by Crippen LogP contribution is -2.22. The Kier molecular flexibility index (Phi) is 2.69. The van der Waals surface area contributed by atoms with Gasteiger partial charge >= 0.3 is 0 Å². The summed E-state index contributed by atoms with van der Waals surface area (Å²) < 4.78 is 0. The van der Waals surface area contributed by atoms with Crippen LogP contribution >= 0.6 is 11.6 Å². The monoisotopic (exact) mass is 221 g/mol. The maximum Gasteiger partial charge on any atom is 0.115 e. The van der Waals surface area contributed by atoms with Gasteiger partial charge in [-0.15, -0.1) is 11.6 Å². The predicted octanol–water partition coefficient (Wildman–Crippen LogP) is 2.85. The summed E-state index contributed by atoms with van der Waals surface area (Å²) in [6.45, 7) is 3.86. The molecule has 1 aromatic carbocycles. The molecular weight excluding hydrogens is 210 g/mol. The normalized spacial score (nSPS) is 20.7. The molecule has 2 nitrogen and oxygen atoms in total. The summed E-state index contributed by atoms with van der Waals surface area (Å²) in [5, 5.41) is 12.3. The molecule has 1 aromatic rings. The standard InChI is InChI=1S/C12H12ClNO/c1-8-11(13)6-7-12(14-8)9-2-4-10(15)5-3-9/h2-5,7,11,14-15H,1,6H2. The van der Waals surface area contributed by atoms with Gasteiger partial charge in [-0.05, 0) is 36.2 Å². The Labute approximate surface area is 93.9 Å². The van der Waals surface area contributed by atoms with Crippen molar-refractivity contribution in [1.29, 1.82) is 0 Å². The van der Waals surface area contributed by atoms with Crippen molar-refractivity contribution in [1.82, 2.24) is 5.32 Å². The summed E-state index contributed by atoms with van der Waals surface area (Å²) in [5.41, 5.74) is 2.84. The summed E-state index contributed by atoms with van der Waals surface area (Å²) in [6, 6.07) is 7.03. The lowest BCUT2D eigenvalue weighted by Gasteiger charge is -2.22. The lowest BCUT2D eigenvalue weighted by atomic mass is 10.1. The highest BCUT2D eigenvalue weighted by atomic mass is 35.5. The number of allylic oxidation sites excluding steroid dienone is 2. The minimum atomic E-state index is -0.0362. The molecule has 0 aliphatic carbocycles. The average molecular weight is 222 g/mol. The van der Waals surface area contributed by atoms with E-state index < -0.39 is 0 Å². The molecule has 0 saturated carbocycles. The van der Waals surface area contributed by atoms with Crippen LogP contribution in [0.25, 0.3) is 5.70 Å². The number of hydrogen-bond acceptors (Lipinski definition) is 2. The first kappa shape index (κ1) is 10.1. The summed E-state index contributed by atoms with van der Waals surface area (Å²) in [7, 11) is 0. The number of hydrogen-bond donors (Lipinski definition) is 2. The van der Waals surface area contributed by atoms with E-state index in [0.29, 0.717) is 0 Å². The Morgan fingerprint density at radius 1 is 1.33 bits per heavy atom. The second-order valence-corrected chi connectivity index (χ2v) is 4.04. The van der Waals surface area contributed by atoms with E-state index >= 15 is 0 Å². The van der Waals surface area contributed by atoms with E-state index in [4.69, 9.17) is 11.6 Å². The molecule has 3 heteroatoms. The molecule has 2 N–H and O–H groups in total. The van der Waals surface area contributed by atoms with Crippen molar-refractivity contribution in [2.45, 2.75) is 11.8 Å². The molecule has 0 bridgehead atoms. The van der Waals surface area contributed by atoms with Crippen LogP contribution in [0.15, 0.2) is 42.6 Å². The van der Waals surface area contributed by atoms with E-state index in [9.17, 15) is 5.11 Å². The summed E-state index contributed by atoms with van der Waals surface area (Å²) in [4.78, 5) is 0. The maximum absolute atomic E-state index is 9.17. The van der Waals surface area contributed by atoms with Crippen LogP contribution in [0, 0.1) is 0 Å². The molecule has 15 heavy (non-hydrogen) atoms. The third-order valence-corrected chi connectivity index (χ3v) is 2.82. The first-order valence-corrected chi connectivity index (χ1v) is 5.20. The molecule has 0 amide bonds. The zero-order valence-corrected chi connectivity index (χ0v) is 8.96. The van der Waals surface area contributed by atoms with E-state index in [1.165, 1.54) is 0 Å². The van der Waals surface area contributed by atoms with Gasteiger partial charge in [-0.2, -0.15) is 0 Å². The molecule has 0 saturated heterocycles. The van der Waals surface area contributed by atoms with Crippen molar-refractivity contribution in [2.75, 3.05) is 0 Å². The highest BCUT2D eigenvalue weighted by Crippen LogP contribution is 2.24. The summed E-state index contributed by atoms with van der Waals surface area (Å²) >= 11 is 6.00. The molecule has 0 aromatic heterocycles. The quantitative estimate of drug-likeness (QED) is 0.715. The first-order valence-electron chi connectivity index (χ1n) is 4.76. The minimum Gasteiger partial charge on any atom is -0.508 e. The molecule has 2 rings (SSSR count). The molecule has 0 radical (unpaired) electrons. The molecule has 1 aliphatic heterocycles. The van der Waals surface area contributed by atoms with Crippen molar-refractivity contribution in [3.05, 3.63) is 48.2 Å². The molecule has 1 aliphatic rings. The van der Waals surface area contributed by atoms with Crippen LogP contribution in [0.2, 0.25) is 0 Å². The Morgan fingerprint density at radius 2 is 2.00 bits per heavy atom. The average Bonchev–Trinajstić information content (AvgIpc) is 2.23. The number of aromatic hydroxyl groups is 1. The van der Waals surface area contributed by atoms with Crippen LogP contribution in [0.3, 0.4) is 0 Å². The molecule has 1 atom stereocenters. The van der Waals surface area contributed by atoms with Crippen molar-refractivity contribution < 1.29 is 5.11 Å². The van der Waals surface area contributed by atoms with Crippen LogP contribution in [0.4, 0.5) is 0 Å². The van der Waals surface area contributed by atoms with Gasteiger partial charge in [-0.3, -0.25) is 0 Å². The van der Waals surface area contributed by atoms with Crippen LogP contribution in [-0.2, 0) is 0 Å². The smallest absolute Gasteiger partial charge is 0.115 e. The van der Waals surface area contributed by atoms with Crippen molar-refractivity contribution in [2.24, 2.45) is 0 Å². The maximum atomic E-state index is 9.17. The first-order chi connectivity index (χ1) is 7.16. The van der Waals surface area contributed by atoms with Gasteiger partial charge in [0.25, 0.3) is 0 Å². The van der Waals surface area contributed by atoms with E-state index in [2.05, 4.69) is 11.9 Å². The predicted molar refractivity (Wildman–Crippen MR) is 62.6 cm³/mol. The van der Waals surface area contributed by atoms with E-state index in [0.717, 1.165) is 23.4 Å². The molecule has 0 spiro atoms. The van der Waals surface area contributed by atoms with Gasteiger partial charge in [-0.25, -0.2) is 0 Å². The highest BCUT2D eigenvalue weighted by molar-refractivity contribution is 6.22. The van der Waals surface area contributed by atoms with E-state index in [1.807, 2.05) is 18.2 Å². The number of rotatable bonds is 1.